The lowest BCUT2D eigenvalue weighted by molar-refractivity contribution is -0.129. The Kier molecular flexibility index (Phi) is 7.36. The highest BCUT2D eigenvalue weighted by atomic mass is 35.5. The summed E-state index contributed by atoms with van der Waals surface area (Å²) >= 11 is 5.92. The van der Waals surface area contributed by atoms with Crippen LogP contribution in [-0.2, 0) is 4.79 Å². The molecule has 2 atom stereocenters. The molecule has 2 unspecified atom stereocenters. The van der Waals surface area contributed by atoms with Crippen LogP contribution >= 0.6 is 11.6 Å². The number of nitrogens with one attached hydrogen (secondary N) is 1. The summed E-state index contributed by atoms with van der Waals surface area (Å²) in [7, 11) is 0. The summed E-state index contributed by atoms with van der Waals surface area (Å²) in [6, 6.07) is 7.19. The van der Waals surface area contributed by atoms with E-state index in [1.807, 2.05) is 4.90 Å². The van der Waals surface area contributed by atoms with Crippen molar-refractivity contribution in [1.29, 1.82) is 0 Å². The lowest BCUT2D eigenvalue weighted by Crippen LogP contribution is -2.58. The highest BCUT2D eigenvalue weighted by Crippen LogP contribution is 2.31. The molecule has 0 radical (unpaired) electrons. The van der Waals surface area contributed by atoms with Crippen molar-refractivity contribution in [3.63, 3.8) is 0 Å². The average molecular weight is 406 g/mol. The van der Waals surface area contributed by atoms with Crippen LogP contribution in [0.3, 0.4) is 0 Å². The average Bonchev–Trinajstić information content (AvgIpc) is 3.23. The van der Waals surface area contributed by atoms with Crippen LogP contribution in [0.15, 0.2) is 24.3 Å². The van der Waals surface area contributed by atoms with Crippen molar-refractivity contribution in [3.8, 4) is 0 Å². The van der Waals surface area contributed by atoms with Crippen LogP contribution in [0.25, 0.3) is 0 Å². The number of benzene rings is 1. The molecular weight excluding hydrogens is 374 g/mol. The molecule has 2 aliphatic rings. The molecule has 1 N–H and O–H groups in total. The van der Waals surface area contributed by atoms with E-state index in [2.05, 4.69) is 24.1 Å². The molecule has 5 nitrogen and oxygen atoms in total. The zero-order chi connectivity index (χ0) is 20.1. The summed E-state index contributed by atoms with van der Waals surface area (Å²) in [5.41, 5.74) is 0.666. The summed E-state index contributed by atoms with van der Waals surface area (Å²) in [5.74, 6) is 0.638. The molecular formula is C22H32ClN3O2. The molecule has 1 aromatic carbocycles. The third-order valence-electron chi connectivity index (χ3n) is 6.20. The van der Waals surface area contributed by atoms with Gasteiger partial charge in [-0.2, -0.15) is 0 Å². The van der Waals surface area contributed by atoms with E-state index in [1.54, 1.807) is 24.3 Å². The van der Waals surface area contributed by atoms with Crippen LogP contribution in [0.4, 0.5) is 0 Å². The van der Waals surface area contributed by atoms with E-state index in [1.165, 1.54) is 12.8 Å². The van der Waals surface area contributed by atoms with Crippen LogP contribution in [0.1, 0.15) is 56.3 Å². The largest absolute Gasteiger partial charge is 0.352 e. The normalized spacial score (nSPS) is 20.8. The number of rotatable bonds is 6. The molecule has 1 saturated heterocycles. The SMILES string of the molecule is CCC(C)NC(=O)C(C1CCCC1)N1CCN(C(=O)c2ccc(Cl)cc2)CC1. The molecule has 154 valence electrons. The molecule has 1 aromatic rings. The Morgan fingerprint density at radius 1 is 1.11 bits per heavy atom. The monoisotopic (exact) mass is 405 g/mol. The maximum absolute atomic E-state index is 13.0. The first kappa shape index (κ1) is 21.1. The van der Waals surface area contributed by atoms with Crippen LogP contribution in [0.2, 0.25) is 5.02 Å². The maximum atomic E-state index is 13.0. The molecule has 1 saturated carbocycles. The van der Waals surface area contributed by atoms with Gasteiger partial charge in [0, 0.05) is 42.8 Å². The Labute approximate surface area is 173 Å². The van der Waals surface area contributed by atoms with E-state index >= 15 is 0 Å². The Hall–Kier alpha value is -1.59. The van der Waals surface area contributed by atoms with Crippen molar-refractivity contribution in [3.05, 3.63) is 34.9 Å². The molecule has 6 heteroatoms. The van der Waals surface area contributed by atoms with Gasteiger partial charge in [-0.25, -0.2) is 0 Å². The third-order valence-corrected chi connectivity index (χ3v) is 6.45. The Bertz CT molecular complexity index is 665. The fourth-order valence-electron chi connectivity index (χ4n) is 4.36. The highest BCUT2D eigenvalue weighted by molar-refractivity contribution is 6.30. The van der Waals surface area contributed by atoms with E-state index in [9.17, 15) is 9.59 Å². The summed E-state index contributed by atoms with van der Waals surface area (Å²) in [6.45, 7) is 6.95. The summed E-state index contributed by atoms with van der Waals surface area (Å²) < 4.78 is 0. The molecule has 1 heterocycles. The second-order valence-corrected chi connectivity index (χ2v) is 8.58. The third kappa shape index (κ3) is 5.06. The summed E-state index contributed by atoms with van der Waals surface area (Å²) in [6.07, 6.45) is 5.62. The van der Waals surface area contributed by atoms with Crippen LogP contribution in [0, 0.1) is 5.92 Å². The Morgan fingerprint density at radius 2 is 1.71 bits per heavy atom. The van der Waals surface area contributed by atoms with Gasteiger partial charge in [0.05, 0.1) is 6.04 Å². The number of piperazine rings is 1. The van der Waals surface area contributed by atoms with Crippen molar-refractivity contribution in [2.24, 2.45) is 5.92 Å². The van der Waals surface area contributed by atoms with Gasteiger partial charge in [-0.3, -0.25) is 14.5 Å². The maximum Gasteiger partial charge on any atom is 0.253 e. The molecule has 0 bridgehead atoms. The molecule has 0 spiro atoms. The zero-order valence-electron chi connectivity index (χ0n) is 17.0. The van der Waals surface area contributed by atoms with E-state index in [0.717, 1.165) is 32.4 Å². The van der Waals surface area contributed by atoms with Gasteiger partial charge in [0.2, 0.25) is 5.91 Å². The number of carbonyl (C=O) groups excluding carboxylic acids is 2. The fourth-order valence-corrected chi connectivity index (χ4v) is 4.49. The van der Waals surface area contributed by atoms with E-state index < -0.39 is 0 Å². The second kappa shape index (κ2) is 9.75. The predicted molar refractivity (Wildman–Crippen MR) is 113 cm³/mol. The first-order valence-electron chi connectivity index (χ1n) is 10.6. The van der Waals surface area contributed by atoms with Gasteiger partial charge in [0.15, 0.2) is 0 Å². The molecule has 2 amide bonds. The number of halogens is 1. The van der Waals surface area contributed by atoms with Crippen molar-refractivity contribution >= 4 is 23.4 Å². The van der Waals surface area contributed by atoms with Gasteiger partial charge in [0.1, 0.15) is 0 Å². The first-order valence-corrected chi connectivity index (χ1v) is 11.0. The first-order chi connectivity index (χ1) is 13.5. The van der Waals surface area contributed by atoms with Crippen LogP contribution < -0.4 is 5.32 Å². The zero-order valence-corrected chi connectivity index (χ0v) is 17.8. The number of hydrogen-bond donors (Lipinski definition) is 1. The van der Waals surface area contributed by atoms with Gasteiger partial charge in [-0.1, -0.05) is 31.4 Å². The smallest absolute Gasteiger partial charge is 0.253 e. The number of nitrogens with zero attached hydrogens (tertiary/aromatic N) is 2. The van der Waals surface area contributed by atoms with Gasteiger partial charge < -0.3 is 10.2 Å². The number of amides is 2. The standard InChI is InChI=1S/C22H32ClN3O2/c1-3-16(2)24-21(27)20(17-6-4-5-7-17)25-12-14-26(15-13-25)22(28)18-8-10-19(23)11-9-18/h8-11,16-17,20H,3-7,12-15H2,1-2H3,(H,24,27). The van der Waals surface area contributed by atoms with Gasteiger partial charge in [-0.05, 0) is 56.4 Å². The number of carbonyl (C=O) groups is 2. The lowest BCUT2D eigenvalue weighted by atomic mass is 9.94. The Morgan fingerprint density at radius 3 is 2.29 bits per heavy atom. The quantitative estimate of drug-likeness (QED) is 0.787. The molecule has 0 aromatic heterocycles. The van der Waals surface area contributed by atoms with Gasteiger partial charge >= 0.3 is 0 Å². The number of hydrogen-bond acceptors (Lipinski definition) is 3. The highest BCUT2D eigenvalue weighted by Gasteiger charge is 2.37. The lowest BCUT2D eigenvalue weighted by Gasteiger charge is -2.41. The van der Waals surface area contributed by atoms with Crippen molar-refractivity contribution in [2.45, 2.75) is 58.0 Å². The minimum Gasteiger partial charge on any atom is -0.352 e. The van der Waals surface area contributed by atoms with Crippen molar-refractivity contribution in [2.75, 3.05) is 26.2 Å². The Balaban J connectivity index is 1.63. The fraction of sp³-hybridized carbons (Fsp3) is 0.636. The van der Waals surface area contributed by atoms with E-state index in [4.69, 9.17) is 11.6 Å². The molecule has 3 rings (SSSR count). The summed E-state index contributed by atoms with van der Waals surface area (Å²) in [5, 5.41) is 3.83. The molecule has 28 heavy (non-hydrogen) atoms. The van der Waals surface area contributed by atoms with Crippen molar-refractivity contribution in [1.82, 2.24) is 15.1 Å². The second-order valence-electron chi connectivity index (χ2n) is 8.14. The summed E-state index contributed by atoms with van der Waals surface area (Å²) in [4.78, 5) is 30.0. The van der Waals surface area contributed by atoms with Gasteiger partial charge in [0.25, 0.3) is 5.91 Å². The predicted octanol–water partition coefficient (Wildman–Crippen LogP) is 3.57. The van der Waals surface area contributed by atoms with E-state index in [0.29, 0.717) is 29.6 Å². The topological polar surface area (TPSA) is 52.7 Å². The van der Waals surface area contributed by atoms with Crippen LogP contribution in [0.5, 0.6) is 0 Å². The minimum absolute atomic E-state index is 0.0396. The molecule has 2 fully saturated rings. The van der Waals surface area contributed by atoms with Gasteiger partial charge in [-0.15, -0.1) is 0 Å². The molecule has 1 aliphatic heterocycles. The molecule has 1 aliphatic carbocycles. The van der Waals surface area contributed by atoms with Crippen molar-refractivity contribution < 1.29 is 9.59 Å². The van der Waals surface area contributed by atoms with E-state index in [-0.39, 0.29) is 23.9 Å². The van der Waals surface area contributed by atoms with Crippen LogP contribution in [-0.4, -0.2) is 59.9 Å². The minimum atomic E-state index is -0.0655.